The maximum Gasteiger partial charge on any atom is 0.573 e. The van der Waals surface area contributed by atoms with Gasteiger partial charge in [-0.1, -0.05) is 36.4 Å². The molecule has 0 bridgehead atoms. The summed E-state index contributed by atoms with van der Waals surface area (Å²) in [5.74, 6) is 1.18. The topological polar surface area (TPSA) is 21.7 Å². The molecule has 0 atom stereocenters. The second-order valence-electron chi connectivity index (χ2n) is 5.96. The first kappa shape index (κ1) is 18.6. The van der Waals surface area contributed by atoms with Crippen LogP contribution in [0.2, 0.25) is 0 Å². The number of para-hydroxylation sites is 1. The monoisotopic (exact) mass is 373 g/mol. The van der Waals surface area contributed by atoms with Crippen molar-refractivity contribution in [3.63, 3.8) is 0 Å². The molecule has 0 heterocycles. The third-order valence-electron chi connectivity index (χ3n) is 3.79. The molecular formula is C21H18F3NO2. The van der Waals surface area contributed by atoms with E-state index in [1.165, 1.54) is 12.1 Å². The van der Waals surface area contributed by atoms with Crippen molar-refractivity contribution in [1.29, 1.82) is 0 Å². The van der Waals surface area contributed by atoms with E-state index in [-0.39, 0.29) is 5.75 Å². The first-order valence-corrected chi connectivity index (χ1v) is 8.28. The normalized spacial score (nSPS) is 11.1. The van der Waals surface area contributed by atoms with Crippen LogP contribution in [0.1, 0.15) is 5.56 Å². The Morgan fingerprint density at radius 1 is 0.778 bits per heavy atom. The van der Waals surface area contributed by atoms with E-state index in [9.17, 15) is 13.2 Å². The number of nitrogens with zero attached hydrogens (tertiary/aromatic N) is 1. The standard InChI is InChI=1S/C21H18F3NO2/c1-25(15-16-7-5-12-20(13-16)27-21(22,23)24)17-8-6-11-19(14-17)26-18-9-3-2-4-10-18/h2-14H,15H2,1H3. The van der Waals surface area contributed by atoms with E-state index in [0.29, 0.717) is 17.9 Å². The average molecular weight is 373 g/mol. The van der Waals surface area contributed by atoms with Gasteiger partial charge in [-0.2, -0.15) is 0 Å². The zero-order valence-electron chi connectivity index (χ0n) is 14.6. The molecule has 3 aromatic carbocycles. The minimum atomic E-state index is -4.70. The molecule has 3 nitrogen and oxygen atoms in total. The molecular weight excluding hydrogens is 355 g/mol. The Balaban J connectivity index is 1.70. The minimum Gasteiger partial charge on any atom is -0.457 e. The van der Waals surface area contributed by atoms with Crippen LogP contribution in [0.4, 0.5) is 18.9 Å². The van der Waals surface area contributed by atoms with Crippen LogP contribution in [0.3, 0.4) is 0 Å². The van der Waals surface area contributed by atoms with Crippen LogP contribution in [0.5, 0.6) is 17.2 Å². The van der Waals surface area contributed by atoms with Gasteiger partial charge in [0, 0.05) is 25.3 Å². The Hall–Kier alpha value is -3.15. The predicted octanol–water partition coefficient (Wildman–Crippen LogP) is 6.01. The van der Waals surface area contributed by atoms with Crippen LogP contribution in [-0.4, -0.2) is 13.4 Å². The van der Waals surface area contributed by atoms with E-state index < -0.39 is 6.36 Å². The molecule has 3 aromatic rings. The third-order valence-corrected chi connectivity index (χ3v) is 3.79. The van der Waals surface area contributed by atoms with Crippen molar-refractivity contribution >= 4 is 5.69 Å². The van der Waals surface area contributed by atoms with Crippen molar-refractivity contribution in [3.05, 3.63) is 84.4 Å². The number of halogens is 3. The van der Waals surface area contributed by atoms with Gasteiger partial charge in [0.25, 0.3) is 0 Å². The molecule has 0 radical (unpaired) electrons. The molecule has 0 amide bonds. The minimum absolute atomic E-state index is 0.227. The molecule has 27 heavy (non-hydrogen) atoms. The lowest BCUT2D eigenvalue weighted by Gasteiger charge is -2.20. The number of ether oxygens (including phenoxy) is 2. The molecule has 0 aliphatic rings. The molecule has 6 heteroatoms. The SMILES string of the molecule is CN(Cc1cccc(OC(F)(F)F)c1)c1cccc(Oc2ccccc2)c1. The highest BCUT2D eigenvalue weighted by molar-refractivity contribution is 5.51. The van der Waals surface area contributed by atoms with E-state index in [1.54, 1.807) is 12.1 Å². The van der Waals surface area contributed by atoms with Crippen molar-refractivity contribution in [2.45, 2.75) is 12.9 Å². The molecule has 0 aliphatic carbocycles. The summed E-state index contributed by atoms with van der Waals surface area (Å²) in [7, 11) is 1.86. The fourth-order valence-electron chi connectivity index (χ4n) is 2.62. The largest absolute Gasteiger partial charge is 0.573 e. The number of hydrogen-bond donors (Lipinski definition) is 0. The van der Waals surface area contributed by atoms with Gasteiger partial charge >= 0.3 is 6.36 Å². The summed E-state index contributed by atoms with van der Waals surface area (Å²) < 4.78 is 46.9. The highest BCUT2D eigenvalue weighted by Crippen LogP contribution is 2.27. The van der Waals surface area contributed by atoms with Crippen LogP contribution in [0.25, 0.3) is 0 Å². The van der Waals surface area contributed by atoms with E-state index >= 15 is 0 Å². The molecule has 0 aliphatic heterocycles. The zero-order valence-corrected chi connectivity index (χ0v) is 14.6. The van der Waals surface area contributed by atoms with E-state index in [0.717, 1.165) is 11.4 Å². The van der Waals surface area contributed by atoms with Gasteiger partial charge in [0.15, 0.2) is 0 Å². The molecule has 0 unspecified atom stereocenters. The molecule has 0 spiro atoms. The van der Waals surface area contributed by atoms with Crippen LogP contribution in [0, 0.1) is 0 Å². The Morgan fingerprint density at radius 3 is 2.19 bits per heavy atom. The second-order valence-corrected chi connectivity index (χ2v) is 5.96. The molecule has 0 saturated carbocycles. The quantitative estimate of drug-likeness (QED) is 0.528. The molecule has 0 aromatic heterocycles. The van der Waals surface area contributed by atoms with Gasteiger partial charge < -0.3 is 14.4 Å². The number of hydrogen-bond acceptors (Lipinski definition) is 3. The number of anilines is 1. The number of benzene rings is 3. The van der Waals surface area contributed by atoms with Crippen molar-refractivity contribution < 1.29 is 22.6 Å². The van der Waals surface area contributed by atoms with E-state index in [2.05, 4.69) is 4.74 Å². The summed E-state index contributed by atoms with van der Waals surface area (Å²) in [5.41, 5.74) is 1.58. The Labute approximate surface area is 155 Å². The fraction of sp³-hybridized carbons (Fsp3) is 0.143. The smallest absolute Gasteiger partial charge is 0.457 e. The number of alkyl halides is 3. The van der Waals surface area contributed by atoms with E-state index in [4.69, 9.17) is 4.74 Å². The summed E-state index contributed by atoms with van der Waals surface area (Å²) in [6.07, 6.45) is -4.70. The lowest BCUT2D eigenvalue weighted by atomic mass is 10.2. The van der Waals surface area contributed by atoms with Crippen molar-refractivity contribution in [2.24, 2.45) is 0 Å². The maximum atomic E-state index is 12.4. The molecule has 0 N–H and O–H groups in total. The zero-order chi connectivity index (χ0) is 19.3. The van der Waals surface area contributed by atoms with Gasteiger partial charge in [-0.05, 0) is 42.0 Å². The highest BCUT2D eigenvalue weighted by atomic mass is 19.4. The van der Waals surface area contributed by atoms with Crippen molar-refractivity contribution in [1.82, 2.24) is 0 Å². The maximum absolute atomic E-state index is 12.4. The highest BCUT2D eigenvalue weighted by Gasteiger charge is 2.31. The molecule has 140 valence electrons. The Kier molecular flexibility index (Phi) is 5.54. The van der Waals surface area contributed by atoms with Gasteiger partial charge in [-0.15, -0.1) is 13.2 Å². The van der Waals surface area contributed by atoms with Gasteiger partial charge in [0.1, 0.15) is 17.2 Å². The predicted molar refractivity (Wildman–Crippen MR) is 98.2 cm³/mol. The first-order chi connectivity index (χ1) is 12.9. The Morgan fingerprint density at radius 2 is 1.44 bits per heavy atom. The van der Waals surface area contributed by atoms with E-state index in [1.807, 2.05) is 66.5 Å². The summed E-state index contributed by atoms with van der Waals surface area (Å²) in [6, 6.07) is 22.9. The summed E-state index contributed by atoms with van der Waals surface area (Å²) in [6.45, 7) is 0.420. The molecule has 3 rings (SSSR count). The van der Waals surface area contributed by atoms with Crippen LogP contribution >= 0.6 is 0 Å². The van der Waals surface area contributed by atoms with Crippen LogP contribution in [-0.2, 0) is 6.54 Å². The lowest BCUT2D eigenvalue weighted by molar-refractivity contribution is -0.274. The average Bonchev–Trinajstić information content (AvgIpc) is 2.62. The second kappa shape index (κ2) is 8.03. The Bertz CT molecular complexity index is 882. The molecule has 0 saturated heterocycles. The van der Waals surface area contributed by atoms with Gasteiger partial charge in [0.05, 0.1) is 0 Å². The fourth-order valence-corrected chi connectivity index (χ4v) is 2.62. The van der Waals surface area contributed by atoms with Crippen LogP contribution < -0.4 is 14.4 Å². The van der Waals surface area contributed by atoms with Gasteiger partial charge in [-0.25, -0.2) is 0 Å². The van der Waals surface area contributed by atoms with Gasteiger partial charge in [-0.3, -0.25) is 0 Å². The van der Waals surface area contributed by atoms with Crippen LogP contribution in [0.15, 0.2) is 78.9 Å². The first-order valence-electron chi connectivity index (χ1n) is 8.28. The number of rotatable bonds is 6. The summed E-state index contributed by atoms with van der Waals surface area (Å²) in [4.78, 5) is 1.92. The third kappa shape index (κ3) is 5.67. The van der Waals surface area contributed by atoms with Crippen molar-refractivity contribution in [2.75, 3.05) is 11.9 Å². The summed E-state index contributed by atoms with van der Waals surface area (Å²) >= 11 is 0. The summed E-state index contributed by atoms with van der Waals surface area (Å²) in [5, 5.41) is 0. The molecule has 0 fully saturated rings. The van der Waals surface area contributed by atoms with Crippen molar-refractivity contribution in [3.8, 4) is 17.2 Å². The lowest BCUT2D eigenvalue weighted by Crippen LogP contribution is -2.18. The van der Waals surface area contributed by atoms with Gasteiger partial charge in [0.2, 0.25) is 0 Å².